The first kappa shape index (κ1) is 15.8. The van der Waals surface area contributed by atoms with Crippen LogP contribution in [0.15, 0.2) is 24.3 Å². The summed E-state index contributed by atoms with van der Waals surface area (Å²) in [4.78, 5) is 12.3. The maximum Gasteiger partial charge on any atom is 0.237 e. The predicted octanol–water partition coefficient (Wildman–Crippen LogP) is 2.28. The van der Waals surface area contributed by atoms with E-state index in [1.54, 1.807) is 7.11 Å². The maximum absolute atomic E-state index is 12.3. The lowest BCUT2D eigenvalue weighted by atomic mass is 10.3. The molecule has 0 aliphatic heterocycles. The molecule has 8 heteroatoms. The van der Waals surface area contributed by atoms with E-state index in [1.165, 1.54) is 11.8 Å². The van der Waals surface area contributed by atoms with Crippen molar-refractivity contribution < 1.29 is 9.53 Å². The van der Waals surface area contributed by atoms with Crippen LogP contribution >= 0.6 is 11.8 Å². The van der Waals surface area contributed by atoms with Crippen LogP contribution in [-0.4, -0.2) is 38.5 Å². The van der Waals surface area contributed by atoms with Crippen LogP contribution in [0, 0.1) is 0 Å². The number of aromatic nitrogens is 4. The highest BCUT2D eigenvalue weighted by Gasteiger charge is 2.28. The average molecular weight is 333 g/mol. The lowest BCUT2D eigenvalue weighted by Crippen LogP contribution is -2.23. The molecule has 1 fully saturated rings. The van der Waals surface area contributed by atoms with Crippen LogP contribution < -0.4 is 10.1 Å². The molecule has 122 valence electrons. The number of rotatable bonds is 7. The zero-order valence-electron chi connectivity index (χ0n) is 13.1. The Morgan fingerprint density at radius 1 is 1.48 bits per heavy atom. The summed E-state index contributed by atoms with van der Waals surface area (Å²) in [7, 11) is 1.58. The molecule has 1 aromatic heterocycles. The summed E-state index contributed by atoms with van der Waals surface area (Å²) in [6.07, 6.45) is 2.26. The first-order chi connectivity index (χ1) is 11.2. The number of carbonyl (C=O) groups excluding carboxylic acids is 1. The molecule has 7 nitrogen and oxygen atoms in total. The van der Waals surface area contributed by atoms with Crippen molar-refractivity contribution in [2.24, 2.45) is 0 Å². The smallest absolute Gasteiger partial charge is 0.237 e. The van der Waals surface area contributed by atoms with Gasteiger partial charge in [-0.05, 0) is 42.3 Å². The Morgan fingerprint density at radius 2 is 2.26 bits per heavy atom. The molecule has 0 spiro atoms. The molecular weight excluding hydrogens is 314 g/mol. The fraction of sp³-hybridized carbons (Fsp3) is 0.467. The molecule has 1 atom stereocenters. The van der Waals surface area contributed by atoms with Crippen LogP contribution in [0.5, 0.6) is 5.75 Å². The number of amides is 1. The van der Waals surface area contributed by atoms with E-state index in [0.29, 0.717) is 23.2 Å². The first-order valence-electron chi connectivity index (χ1n) is 7.51. The van der Waals surface area contributed by atoms with Crippen molar-refractivity contribution in [1.82, 2.24) is 20.2 Å². The van der Waals surface area contributed by atoms with Crippen LogP contribution in [0.3, 0.4) is 0 Å². The highest BCUT2D eigenvalue weighted by molar-refractivity contribution is 7.99. The number of benzene rings is 1. The van der Waals surface area contributed by atoms with Gasteiger partial charge in [0.15, 0.2) is 5.82 Å². The highest BCUT2D eigenvalue weighted by atomic mass is 32.2. The molecule has 1 unspecified atom stereocenters. The third kappa shape index (κ3) is 3.82. The Labute approximate surface area is 138 Å². The minimum Gasteiger partial charge on any atom is -0.495 e. The minimum absolute atomic E-state index is 0.0649. The molecule has 1 saturated carbocycles. The standard InChI is InChI=1S/C15H19N5O2S/c1-10(15(21)16-12-5-3-4-6-13(12)22-2)23-9-14-17-18-19-20(14)11-7-8-11/h3-6,10-11H,7-9H2,1-2H3,(H,16,21). The van der Waals surface area contributed by atoms with Crippen LogP contribution in [0.4, 0.5) is 5.69 Å². The number of hydrogen-bond donors (Lipinski definition) is 1. The Hall–Kier alpha value is -2.09. The molecule has 1 aliphatic carbocycles. The Kier molecular flexibility index (Phi) is 4.80. The van der Waals surface area contributed by atoms with Gasteiger partial charge in [0.1, 0.15) is 5.75 Å². The summed E-state index contributed by atoms with van der Waals surface area (Å²) in [6, 6.07) is 7.81. The molecule has 1 amide bonds. The SMILES string of the molecule is COc1ccccc1NC(=O)C(C)SCc1nnnn1C1CC1. The molecule has 0 saturated heterocycles. The number of nitrogens with zero attached hydrogens (tertiary/aromatic N) is 4. The molecular formula is C15H19N5O2S. The summed E-state index contributed by atoms with van der Waals surface area (Å²) in [5.74, 6) is 2.03. The lowest BCUT2D eigenvalue weighted by molar-refractivity contribution is -0.115. The van der Waals surface area contributed by atoms with E-state index < -0.39 is 0 Å². The monoisotopic (exact) mass is 333 g/mol. The van der Waals surface area contributed by atoms with Crippen LogP contribution in [0.25, 0.3) is 0 Å². The van der Waals surface area contributed by atoms with E-state index in [9.17, 15) is 4.79 Å². The fourth-order valence-corrected chi connectivity index (χ4v) is 2.97. The number of nitrogens with one attached hydrogen (secondary N) is 1. The van der Waals surface area contributed by atoms with Gasteiger partial charge < -0.3 is 10.1 Å². The van der Waals surface area contributed by atoms with E-state index in [-0.39, 0.29) is 11.2 Å². The predicted molar refractivity (Wildman–Crippen MR) is 88.5 cm³/mol. The van der Waals surface area contributed by atoms with Crippen molar-refractivity contribution in [1.29, 1.82) is 0 Å². The zero-order valence-corrected chi connectivity index (χ0v) is 13.9. The van der Waals surface area contributed by atoms with E-state index in [4.69, 9.17) is 4.74 Å². The summed E-state index contributed by atoms with van der Waals surface area (Å²) in [5.41, 5.74) is 0.676. The Balaban J connectivity index is 1.56. The first-order valence-corrected chi connectivity index (χ1v) is 8.56. The van der Waals surface area contributed by atoms with Gasteiger partial charge in [-0.15, -0.1) is 16.9 Å². The fourth-order valence-electron chi connectivity index (χ4n) is 2.17. The third-order valence-corrected chi connectivity index (χ3v) is 4.79. The average Bonchev–Trinajstić information content (AvgIpc) is 3.31. The van der Waals surface area contributed by atoms with Gasteiger partial charge in [0.2, 0.25) is 5.91 Å². The van der Waals surface area contributed by atoms with E-state index in [1.807, 2.05) is 35.9 Å². The highest BCUT2D eigenvalue weighted by Crippen LogP contribution is 2.35. The van der Waals surface area contributed by atoms with Gasteiger partial charge in [-0.25, -0.2) is 4.68 Å². The second-order valence-electron chi connectivity index (χ2n) is 5.41. The van der Waals surface area contributed by atoms with E-state index >= 15 is 0 Å². The van der Waals surface area contributed by atoms with Crippen molar-refractivity contribution >= 4 is 23.4 Å². The molecule has 0 bridgehead atoms. The van der Waals surface area contributed by atoms with E-state index in [2.05, 4.69) is 20.8 Å². The molecule has 0 radical (unpaired) electrons. The van der Waals surface area contributed by atoms with Crippen LogP contribution in [0.1, 0.15) is 31.6 Å². The number of hydrogen-bond acceptors (Lipinski definition) is 6. The lowest BCUT2D eigenvalue weighted by Gasteiger charge is -2.14. The zero-order chi connectivity index (χ0) is 16.2. The second-order valence-corrected chi connectivity index (χ2v) is 6.74. The van der Waals surface area contributed by atoms with Crippen molar-refractivity contribution in [3.8, 4) is 5.75 Å². The Morgan fingerprint density at radius 3 is 3.00 bits per heavy atom. The van der Waals surface area contributed by atoms with Crippen molar-refractivity contribution in [3.63, 3.8) is 0 Å². The maximum atomic E-state index is 12.3. The van der Waals surface area contributed by atoms with Gasteiger partial charge in [0, 0.05) is 0 Å². The van der Waals surface area contributed by atoms with Crippen molar-refractivity contribution in [3.05, 3.63) is 30.1 Å². The molecule has 23 heavy (non-hydrogen) atoms. The van der Waals surface area contributed by atoms with Crippen LogP contribution in [-0.2, 0) is 10.5 Å². The number of methoxy groups -OCH3 is 1. The molecule has 1 aromatic carbocycles. The number of anilines is 1. The molecule has 2 aromatic rings. The summed E-state index contributed by atoms with van der Waals surface area (Å²) < 4.78 is 7.12. The van der Waals surface area contributed by atoms with Gasteiger partial charge in [-0.1, -0.05) is 12.1 Å². The second kappa shape index (κ2) is 6.99. The number of carbonyl (C=O) groups is 1. The summed E-state index contributed by atoms with van der Waals surface area (Å²) in [5, 5.41) is 14.5. The molecule has 3 rings (SSSR count). The topological polar surface area (TPSA) is 81.9 Å². The van der Waals surface area contributed by atoms with E-state index in [0.717, 1.165) is 18.7 Å². The number of tetrazole rings is 1. The van der Waals surface area contributed by atoms with Gasteiger partial charge in [-0.2, -0.15) is 0 Å². The van der Waals surface area contributed by atoms with Gasteiger partial charge in [0.05, 0.1) is 29.8 Å². The number of para-hydroxylation sites is 2. The van der Waals surface area contributed by atoms with Gasteiger partial charge in [-0.3, -0.25) is 4.79 Å². The van der Waals surface area contributed by atoms with Gasteiger partial charge in [0.25, 0.3) is 0 Å². The molecule has 1 N–H and O–H groups in total. The third-order valence-electron chi connectivity index (χ3n) is 3.65. The minimum atomic E-state index is -0.218. The molecule has 1 aliphatic rings. The normalized spacial score (nSPS) is 15.2. The van der Waals surface area contributed by atoms with Gasteiger partial charge >= 0.3 is 0 Å². The number of thioether (sulfide) groups is 1. The number of ether oxygens (including phenoxy) is 1. The summed E-state index contributed by atoms with van der Waals surface area (Å²) >= 11 is 1.52. The Bertz CT molecular complexity index is 686. The van der Waals surface area contributed by atoms with Crippen molar-refractivity contribution in [2.75, 3.05) is 12.4 Å². The summed E-state index contributed by atoms with van der Waals surface area (Å²) in [6.45, 7) is 1.88. The quantitative estimate of drug-likeness (QED) is 0.837. The van der Waals surface area contributed by atoms with Crippen LogP contribution in [0.2, 0.25) is 0 Å². The van der Waals surface area contributed by atoms with Crippen molar-refractivity contribution in [2.45, 2.75) is 36.8 Å². The largest absolute Gasteiger partial charge is 0.495 e. The molecule has 1 heterocycles.